The van der Waals surface area contributed by atoms with Crippen molar-refractivity contribution < 1.29 is 18.7 Å². The number of ether oxygens (including phenoxy) is 1. The molecule has 6 nitrogen and oxygen atoms in total. The molecule has 0 saturated carbocycles. The van der Waals surface area contributed by atoms with E-state index in [4.69, 9.17) is 17.0 Å². The predicted molar refractivity (Wildman–Crippen MR) is 125 cm³/mol. The van der Waals surface area contributed by atoms with Gasteiger partial charge in [-0.3, -0.25) is 25.8 Å². The van der Waals surface area contributed by atoms with Gasteiger partial charge in [-0.2, -0.15) is 0 Å². The van der Waals surface area contributed by atoms with E-state index in [0.717, 1.165) is 15.2 Å². The number of hydrazine groups is 1. The standard InChI is InChI=1S/C22H17BrFN3O3S/c23-21-17-4-2-1-3-15(17)8-11-18(21)30-13-20(29)26-27-22(31)25-19(28)12-7-14-5-9-16(24)10-6-14/h1-12H,13H2,(H,26,29)(H2,25,27,28,31)/b12-7+. The van der Waals surface area contributed by atoms with Crippen LogP contribution in [0, 0.1) is 5.82 Å². The Morgan fingerprint density at radius 1 is 1.03 bits per heavy atom. The minimum absolute atomic E-state index is 0.0889. The first-order chi connectivity index (χ1) is 14.9. The maximum atomic E-state index is 12.9. The molecule has 9 heteroatoms. The first kappa shape index (κ1) is 22.4. The van der Waals surface area contributed by atoms with Crippen molar-refractivity contribution in [1.82, 2.24) is 16.2 Å². The zero-order valence-electron chi connectivity index (χ0n) is 16.0. The number of amides is 2. The molecule has 158 valence electrons. The summed E-state index contributed by atoms with van der Waals surface area (Å²) in [6.45, 7) is -0.259. The number of hydrogen-bond donors (Lipinski definition) is 3. The van der Waals surface area contributed by atoms with Crippen LogP contribution in [-0.4, -0.2) is 23.5 Å². The van der Waals surface area contributed by atoms with E-state index in [-0.39, 0.29) is 17.5 Å². The summed E-state index contributed by atoms with van der Waals surface area (Å²) >= 11 is 8.45. The molecule has 3 rings (SSSR count). The largest absolute Gasteiger partial charge is 0.483 e. The van der Waals surface area contributed by atoms with Gasteiger partial charge in [-0.15, -0.1) is 0 Å². The summed E-state index contributed by atoms with van der Waals surface area (Å²) in [6.07, 6.45) is 2.74. The van der Waals surface area contributed by atoms with Crippen molar-refractivity contribution in [2.45, 2.75) is 0 Å². The fraction of sp³-hybridized carbons (Fsp3) is 0.0455. The second-order valence-electron chi connectivity index (χ2n) is 6.26. The Hall–Kier alpha value is -3.30. The molecular formula is C22H17BrFN3O3S. The number of hydrogen-bond acceptors (Lipinski definition) is 4. The summed E-state index contributed by atoms with van der Waals surface area (Å²) in [7, 11) is 0. The number of fused-ring (bicyclic) bond motifs is 1. The third-order valence-electron chi connectivity index (χ3n) is 4.04. The molecule has 0 fully saturated rings. The molecule has 0 spiro atoms. The molecule has 3 aromatic rings. The van der Waals surface area contributed by atoms with Crippen LogP contribution in [0.5, 0.6) is 5.75 Å². The number of benzene rings is 3. The molecule has 0 saturated heterocycles. The Balaban J connectivity index is 1.43. The highest BCUT2D eigenvalue weighted by molar-refractivity contribution is 9.10. The molecule has 0 atom stereocenters. The normalized spacial score (nSPS) is 10.6. The van der Waals surface area contributed by atoms with Gasteiger partial charge in [0.15, 0.2) is 11.7 Å². The highest BCUT2D eigenvalue weighted by Crippen LogP contribution is 2.32. The number of thiocarbonyl (C=S) groups is 1. The van der Waals surface area contributed by atoms with Crippen molar-refractivity contribution in [2.24, 2.45) is 0 Å². The Bertz CT molecular complexity index is 1150. The first-order valence-corrected chi connectivity index (χ1v) is 10.3. The van der Waals surface area contributed by atoms with Gasteiger partial charge in [-0.05, 0) is 68.8 Å². The SMILES string of the molecule is O=C(/C=C/c1ccc(F)cc1)NC(=S)NNC(=O)COc1ccc2ccccc2c1Br. The second-order valence-corrected chi connectivity index (χ2v) is 7.47. The van der Waals surface area contributed by atoms with Gasteiger partial charge in [0.1, 0.15) is 11.6 Å². The number of carbonyl (C=O) groups excluding carboxylic acids is 2. The molecule has 0 aromatic heterocycles. The Labute approximate surface area is 191 Å². The van der Waals surface area contributed by atoms with Gasteiger partial charge in [0.2, 0.25) is 5.91 Å². The lowest BCUT2D eigenvalue weighted by Crippen LogP contribution is -2.49. The summed E-state index contributed by atoms with van der Waals surface area (Å²) in [5, 5.41) is 4.30. The van der Waals surface area contributed by atoms with E-state index < -0.39 is 11.8 Å². The van der Waals surface area contributed by atoms with Crippen LogP contribution in [0.25, 0.3) is 16.8 Å². The average molecular weight is 502 g/mol. The van der Waals surface area contributed by atoms with Gasteiger partial charge in [0, 0.05) is 6.08 Å². The van der Waals surface area contributed by atoms with E-state index in [9.17, 15) is 14.0 Å². The van der Waals surface area contributed by atoms with Crippen LogP contribution in [0.1, 0.15) is 5.56 Å². The first-order valence-electron chi connectivity index (χ1n) is 9.06. The van der Waals surface area contributed by atoms with Gasteiger partial charge in [-0.25, -0.2) is 4.39 Å². The zero-order chi connectivity index (χ0) is 22.2. The van der Waals surface area contributed by atoms with E-state index in [1.165, 1.54) is 36.4 Å². The fourth-order valence-electron chi connectivity index (χ4n) is 2.56. The van der Waals surface area contributed by atoms with Crippen LogP contribution in [0.3, 0.4) is 0 Å². The molecule has 3 aromatic carbocycles. The summed E-state index contributed by atoms with van der Waals surface area (Å²) in [5.41, 5.74) is 5.42. The van der Waals surface area contributed by atoms with E-state index in [1.807, 2.05) is 30.3 Å². The van der Waals surface area contributed by atoms with Crippen molar-refractivity contribution in [3.8, 4) is 5.75 Å². The molecule has 0 unspecified atom stereocenters. The topological polar surface area (TPSA) is 79.5 Å². The van der Waals surface area contributed by atoms with Crippen molar-refractivity contribution in [2.75, 3.05) is 6.61 Å². The van der Waals surface area contributed by atoms with E-state index in [2.05, 4.69) is 32.1 Å². The molecule has 0 aliphatic heterocycles. The molecule has 0 heterocycles. The third-order valence-corrected chi connectivity index (χ3v) is 5.06. The number of nitrogens with one attached hydrogen (secondary N) is 3. The predicted octanol–water partition coefficient (Wildman–Crippen LogP) is 3.86. The molecule has 31 heavy (non-hydrogen) atoms. The lowest BCUT2D eigenvalue weighted by Gasteiger charge is -2.12. The highest BCUT2D eigenvalue weighted by Gasteiger charge is 2.09. The third kappa shape index (κ3) is 6.59. The van der Waals surface area contributed by atoms with Crippen molar-refractivity contribution >= 4 is 61.9 Å². The van der Waals surface area contributed by atoms with Crippen LogP contribution >= 0.6 is 28.1 Å². The molecule has 3 N–H and O–H groups in total. The van der Waals surface area contributed by atoms with Crippen LogP contribution in [0.4, 0.5) is 4.39 Å². The summed E-state index contributed by atoms with van der Waals surface area (Å²) in [4.78, 5) is 23.8. The molecule has 0 bridgehead atoms. The maximum Gasteiger partial charge on any atom is 0.276 e. The van der Waals surface area contributed by atoms with Crippen molar-refractivity contribution in [1.29, 1.82) is 0 Å². The van der Waals surface area contributed by atoms with Gasteiger partial charge in [-0.1, -0.05) is 42.5 Å². The number of carbonyl (C=O) groups is 2. The van der Waals surface area contributed by atoms with Crippen molar-refractivity contribution in [3.05, 3.63) is 82.6 Å². The highest BCUT2D eigenvalue weighted by atomic mass is 79.9. The molecule has 0 aliphatic rings. The number of halogens is 2. The molecule has 0 radical (unpaired) electrons. The van der Waals surface area contributed by atoms with Crippen LogP contribution < -0.4 is 20.9 Å². The van der Waals surface area contributed by atoms with Crippen LogP contribution in [0.2, 0.25) is 0 Å². The quantitative estimate of drug-likeness (QED) is 0.281. The minimum atomic E-state index is -0.507. The molecular weight excluding hydrogens is 485 g/mol. The van der Waals surface area contributed by atoms with Gasteiger partial charge < -0.3 is 4.74 Å². The van der Waals surface area contributed by atoms with Gasteiger partial charge in [0.25, 0.3) is 5.91 Å². The Morgan fingerprint density at radius 2 is 1.77 bits per heavy atom. The average Bonchev–Trinajstić information content (AvgIpc) is 2.77. The van der Waals surface area contributed by atoms with Crippen molar-refractivity contribution in [3.63, 3.8) is 0 Å². The molecule has 0 aliphatic carbocycles. The Morgan fingerprint density at radius 3 is 2.55 bits per heavy atom. The lowest BCUT2D eigenvalue weighted by atomic mass is 10.1. The van der Waals surface area contributed by atoms with E-state index in [0.29, 0.717) is 11.3 Å². The minimum Gasteiger partial charge on any atom is -0.483 e. The maximum absolute atomic E-state index is 12.9. The van der Waals surface area contributed by atoms with E-state index >= 15 is 0 Å². The summed E-state index contributed by atoms with van der Waals surface area (Å²) in [6, 6.07) is 17.1. The van der Waals surface area contributed by atoms with Gasteiger partial charge >= 0.3 is 0 Å². The zero-order valence-corrected chi connectivity index (χ0v) is 18.4. The molecule has 2 amide bonds. The van der Waals surface area contributed by atoms with E-state index in [1.54, 1.807) is 6.07 Å². The Kier molecular flexibility index (Phi) is 7.69. The number of rotatable bonds is 5. The van der Waals surface area contributed by atoms with Gasteiger partial charge in [0.05, 0.1) is 4.47 Å². The lowest BCUT2D eigenvalue weighted by molar-refractivity contribution is -0.123. The van der Waals surface area contributed by atoms with Crippen LogP contribution in [0.15, 0.2) is 71.2 Å². The smallest absolute Gasteiger partial charge is 0.276 e. The van der Waals surface area contributed by atoms with Crippen LogP contribution in [-0.2, 0) is 9.59 Å². The monoisotopic (exact) mass is 501 g/mol. The second kappa shape index (κ2) is 10.6. The summed E-state index contributed by atoms with van der Waals surface area (Å²) < 4.78 is 19.2. The fourth-order valence-corrected chi connectivity index (χ4v) is 3.32. The summed E-state index contributed by atoms with van der Waals surface area (Å²) in [5.74, 6) is -0.832.